The number of nitrogen functional groups attached to an aromatic ring is 1. The van der Waals surface area contributed by atoms with Gasteiger partial charge in [0.2, 0.25) is 5.91 Å². The summed E-state index contributed by atoms with van der Waals surface area (Å²) in [6.07, 6.45) is 1.81. The van der Waals surface area contributed by atoms with Crippen LogP contribution in [0.4, 0.5) is 5.13 Å². The number of thioether (sulfide) groups is 1. The Morgan fingerprint density at radius 1 is 1.48 bits per heavy atom. The molecule has 0 saturated carbocycles. The van der Waals surface area contributed by atoms with Crippen LogP contribution in [0.25, 0.3) is 0 Å². The van der Waals surface area contributed by atoms with Crippen molar-refractivity contribution in [3.8, 4) is 0 Å². The van der Waals surface area contributed by atoms with Crippen LogP contribution >= 0.6 is 23.1 Å². The van der Waals surface area contributed by atoms with Gasteiger partial charge in [0.1, 0.15) is 11.1 Å². The van der Waals surface area contributed by atoms with Crippen LogP contribution in [-0.2, 0) is 30.3 Å². The molecule has 154 valence electrons. The molecule has 0 radical (unpaired) electrons. The Kier molecular flexibility index (Phi) is 5.64. The third kappa shape index (κ3) is 3.71. The van der Waals surface area contributed by atoms with E-state index in [4.69, 9.17) is 15.6 Å². The number of fused-ring (bicyclic) bond motifs is 1. The lowest BCUT2D eigenvalue weighted by Crippen LogP contribution is -2.80. The molecule has 11 nitrogen and oxygen atoms in total. The minimum atomic E-state index is -1.73. The van der Waals surface area contributed by atoms with Gasteiger partial charge < -0.3 is 26.0 Å². The Morgan fingerprint density at radius 2 is 2.21 bits per heavy atom. The molecular formula is C16H16N4O7S2. The normalized spacial score (nSPS) is 23.7. The van der Waals surface area contributed by atoms with Crippen molar-refractivity contribution in [3.05, 3.63) is 34.5 Å². The molecule has 2 amide bonds. The first kappa shape index (κ1) is 20.8. The van der Waals surface area contributed by atoms with Gasteiger partial charge in [0, 0.05) is 24.3 Å². The summed E-state index contributed by atoms with van der Waals surface area (Å²) in [7, 11) is 1.24. The van der Waals surface area contributed by atoms with Crippen LogP contribution in [0, 0.1) is 0 Å². The van der Waals surface area contributed by atoms with E-state index >= 15 is 0 Å². The number of ether oxygens (including phenoxy) is 1. The number of carbonyl (C=O) groups is 4. The third-order valence-electron chi connectivity index (χ3n) is 4.25. The molecule has 0 bridgehead atoms. The molecule has 1 fully saturated rings. The van der Waals surface area contributed by atoms with Crippen molar-refractivity contribution < 1.29 is 34.1 Å². The SMILES string of the molecule is CO[C@@]1(NC(=O)Cc2csc(N)n2)C(=O)N2C(C(=O)O)=C(/C=C/C(=O)O)CS[C@@H]21. The van der Waals surface area contributed by atoms with Crippen LogP contribution in [-0.4, -0.2) is 67.8 Å². The van der Waals surface area contributed by atoms with Gasteiger partial charge in [0.25, 0.3) is 11.6 Å². The summed E-state index contributed by atoms with van der Waals surface area (Å²) in [4.78, 5) is 52.7. The molecule has 3 rings (SSSR count). The first-order valence-corrected chi connectivity index (χ1v) is 10.0. The Morgan fingerprint density at radius 3 is 2.76 bits per heavy atom. The van der Waals surface area contributed by atoms with Crippen LogP contribution < -0.4 is 11.1 Å². The Balaban J connectivity index is 1.84. The fourth-order valence-electron chi connectivity index (χ4n) is 3.02. The molecule has 0 spiro atoms. The first-order valence-electron chi connectivity index (χ1n) is 8.08. The van der Waals surface area contributed by atoms with Crippen molar-refractivity contribution >= 4 is 52.0 Å². The van der Waals surface area contributed by atoms with Gasteiger partial charge in [-0.25, -0.2) is 14.6 Å². The average molecular weight is 440 g/mol. The number of nitrogens with zero attached hydrogens (tertiary/aromatic N) is 2. The number of allylic oxidation sites excluding steroid dienone is 1. The fraction of sp³-hybridized carbons (Fsp3) is 0.312. The zero-order valence-corrected chi connectivity index (χ0v) is 16.6. The highest BCUT2D eigenvalue weighted by Crippen LogP contribution is 2.46. The second-order valence-electron chi connectivity index (χ2n) is 6.03. The van der Waals surface area contributed by atoms with E-state index < -0.39 is 34.9 Å². The molecule has 0 unspecified atom stereocenters. The molecule has 29 heavy (non-hydrogen) atoms. The average Bonchev–Trinajstić information content (AvgIpc) is 3.07. The number of hydrogen-bond donors (Lipinski definition) is 4. The van der Waals surface area contributed by atoms with Gasteiger partial charge in [-0.05, 0) is 11.6 Å². The van der Waals surface area contributed by atoms with Gasteiger partial charge in [-0.3, -0.25) is 14.5 Å². The number of hydrogen-bond acceptors (Lipinski definition) is 9. The fourth-order valence-corrected chi connectivity index (χ4v) is 5.00. The van der Waals surface area contributed by atoms with E-state index in [1.807, 2.05) is 0 Å². The van der Waals surface area contributed by atoms with E-state index in [-0.39, 0.29) is 23.4 Å². The molecule has 1 saturated heterocycles. The maximum atomic E-state index is 12.8. The maximum absolute atomic E-state index is 12.8. The molecule has 0 aromatic carbocycles. The minimum Gasteiger partial charge on any atom is -0.478 e. The molecular weight excluding hydrogens is 424 g/mol. The summed E-state index contributed by atoms with van der Waals surface area (Å²) in [6.45, 7) is 0. The standard InChI is InChI=1S/C16H16N4O7S2/c1-27-16(19-9(21)4-8-6-29-15(17)18-8)13(26)20-11(12(24)25)7(2-3-10(22)23)5-28-14(16)20/h2-3,6,14H,4-5H2,1H3,(H2,17,18)(H,19,21)(H,22,23)(H,24,25)/b3-2+/t14-,16+/m1/s1. The summed E-state index contributed by atoms with van der Waals surface area (Å²) in [6, 6.07) is 0. The minimum absolute atomic E-state index is 0.115. The summed E-state index contributed by atoms with van der Waals surface area (Å²) in [5.41, 5.74) is 4.07. The summed E-state index contributed by atoms with van der Waals surface area (Å²) < 4.78 is 5.32. The summed E-state index contributed by atoms with van der Waals surface area (Å²) in [5.74, 6) is -3.82. The van der Waals surface area contributed by atoms with E-state index in [1.54, 1.807) is 5.38 Å². The zero-order valence-electron chi connectivity index (χ0n) is 14.9. The zero-order chi connectivity index (χ0) is 21.3. The monoisotopic (exact) mass is 440 g/mol. The lowest BCUT2D eigenvalue weighted by Gasteiger charge is -2.55. The Labute approximate surface area is 172 Å². The molecule has 13 heteroatoms. The lowest BCUT2D eigenvalue weighted by atomic mass is 9.97. The number of aliphatic carboxylic acids is 2. The predicted octanol–water partition coefficient (Wildman–Crippen LogP) is -0.379. The van der Waals surface area contributed by atoms with Crippen molar-refractivity contribution in [1.82, 2.24) is 15.2 Å². The van der Waals surface area contributed by atoms with Crippen LogP contribution in [0.5, 0.6) is 0 Å². The number of nitrogens with one attached hydrogen (secondary N) is 1. The molecule has 3 heterocycles. The Hall–Kier alpha value is -2.90. The van der Waals surface area contributed by atoms with E-state index in [0.29, 0.717) is 10.8 Å². The van der Waals surface area contributed by atoms with E-state index in [0.717, 1.165) is 28.8 Å². The van der Waals surface area contributed by atoms with Crippen molar-refractivity contribution in [2.75, 3.05) is 18.6 Å². The van der Waals surface area contributed by atoms with Gasteiger partial charge in [-0.1, -0.05) is 0 Å². The highest BCUT2D eigenvalue weighted by molar-refractivity contribution is 8.00. The van der Waals surface area contributed by atoms with E-state index in [9.17, 15) is 24.3 Å². The number of methoxy groups -OCH3 is 1. The number of aromatic nitrogens is 1. The summed E-state index contributed by atoms with van der Waals surface area (Å²) >= 11 is 2.32. The quantitative estimate of drug-likeness (QED) is 0.249. The first-order chi connectivity index (χ1) is 13.7. The topological polar surface area (TPSA) is 172 Å². The number of thiazole rings is 1. The van der Waals surface area contributed by atoms with Gasteiger partial charge in [-0.2, -0.15) is 0 Å². The van der Waals surface area contributed by atoms with Crippen molar-refractivity contribution in [3.63, 3.8) is 0 Å². The number of β-lactam (4-membered cyclic amide) rings is 1. The van der Waals surface area contributed by atoms with Crippen molar-refractivity contribution in [2.24, 2.45) is 0 Å². The van der Waals surface area contributed by atoms with E-state index in [1.165, 1.54) is 18.4 Å². The number of carbonyl (C=O) groups excluding carboxylic acids is 2. The molecule has 2 atom stereocenters. The maximum Gasteiger partial charge on any atom is 0.352 e. The largest absolute Gasteiger partial charge is 0.478 e. The number of anilines is 1. The molecule has 1 aromatic rings. The number of carboxylic acids is 2. The molecule has 0 aliphatic carbocycles. The number of amides is 2. The van der Waals surface area contributed by atoms with Gasteiger partial charge >= 0.3 is 11.9 Å². The van der Waals surface area contributed by atoms with Gasteiger partial charge in [0.05, 0.1) is 12.1 Å². The van der Waals surface area contributed by atoms with Crippen LogP contribution in [0.15, 0.2) is 28.8 Å². The molecule has 2 aliphatic heterocycles. The highest BCUT2D eigenvalue weighted by Gasteiger charge is 2.66. The number of nitrogens with two attached hydrogens (primary N) is 1. The van der Waals surface area contributed by atoms with Crippen LogP contribution in [0.2, 0.25) is 0 Å². The second-order valence-corrected chi connectivity index (χ2v) is 7.99. The molecule has 1 aromatic heterocycles. The van der Waals surface area contributed by atoms with Gasteiger partial charge in [0.15, 0.2) is 5.13 Å². The molecule has 5 N–H and O–H groups in total. The van der Waals surface area contributed by atoms with Crippen LogP contribution in [0.3, 0.4) is 0 Å². The van der Waals surface area contributed by atoms with Gasteiger partial charge in [-0.15, -0.1) is 23.1 Å². The summed E-state index contributed by atoms with van der Waals surface area (Å²) in [5, 5.41) is 22.0. The third-order valence-corrected chi connectivity index (χ3v) is 6.31. The van der Waals surface area contributed by atoms with E-state index in [2.05, 4.69) is 10.3 Å². The lowest BCUT2D eigenvalue weighted by molar-refractivity contribution is -0.192. The van der Waals surface area contributed by atoms with Crippen molar-refractivity contribution in [2.45, 2.75) is 17.5 Å². The van der Waals surface area contributed by atoms with Crippen LogP contribution in [0.1, 0.15) is 5.69 Å². The number of rotatable bonds is 7. The predicted molar refractivity (Wildman–Crippen MR) is 103 cm³/mol. The second kappa shape index (κ2) is 7.85. The smallest absolute Gasteiger partial charge is 0.352 e. The highest BCUT2D eigenvalue weighted by atomic mass is 32.2. The Bertz CT molecular complexity index is 957. The van der Waals surface area contributed by atoms with Crippen molar-refractivity contribution in [1.29, 1.82) is 0 Å². The molecule has 2 aliphatic rings. The number of carboxylic acid groups (broad SMARTS) is 2.